The summed E-state index contributed by atoms with van der Waals surface area (Å²) in [5.74, 6) is 0.771. The van der Waals surface area contributed by atoms with Gasteiger partial charge in [0.25, 0.3) is 0 Å². The molecule has 0 spiro atoms. The number of pyridine rings is 1. The first kappa shape index (κ1) is 21.7. The van der Waals surface area contributed by atoms with Crippen molar-refractivity contribution in [1.29, 1.82) is 0 Å². The second-order valence-electron chi connectivity index (χ2n) is 7.23. The number of carbonyl (C=O) groups is 1. The molecule has 1 aromatic heterocycles. The number of hydrogen-bond donors (Lipinski definition) is 1. The number of carbonyl (C=O) groups excluding carboxylic acids is 1. The molecule has 0 fully saturated rings. The van der Waals surface area contributed by atoms with Crippen molar-refractivity contribution in [3.63, 3.8) is 0 Å². The zero-order valence-electron chi connectivity index (χ0n) is 17.6. The third-order valence-corrected chi connectivity index (χ3v) is 6.12. The predicted molar refractivity (Wildman–Crippen MR) is 128 cm³/mol. The summed E-state index contributed by atoms with van der Waals surface area (Å²) >= 11 is 1.55. The molecule has 4 aromatic rings. The van der Waals surface area contributed by atoms with Crippen LogP contribution in [0.25, 0.3) is 0 Å². The molecule has 160 valence electrons. The van der Waals surface area contributed by atoms with Crippen LogP contribution in [0.5, 0.6) is 5.75 Å². The number of ether oxygens (including phenoxy) is 1. The first-order valence-corrected chi connectivity index (χ1v) is 11.3. The molecule has 0 saturated heterocycles. The SMILES string of the molecule is O=C(NCc1ccc(OCc2cccnc2)cc1)C(Sc1ccccc1)c1ccccc1. The van der Waals surface area contributed by atoms with Gasteiger partial charge in [-0.15, -0.1) is 11.8 Å². The predicted octanol–water partition coefficient (Wildman–Crippen LogP) is 5.81. The number of nitrogens with zero attached hydrogens (tertiary/aromatic N) is 1. The fourth-order valence-electron chi connectivity index (χ4n) is 3.17. The van der Waals surface area contributed by atoms with Crippen molar-refractivity contribution in [3.8, 4) is 5.75 Å². The van der Waals surface area contributed by atoms with Crippen LogP contribution < -0.4 is 10.1 Å². The third-order valence-electron chi connectivity index (χ3n) is 4.86. The third kappa shape index (κ3) is 6.22. The number of amides is 1. The van der Waals surface area contributed by atoms with Crippen LogP contribution in [0, 0.1) is 0 Å². The van der Waals surface area contributed by atoms with Gasteiger partial charge in [0.2, 0.25) is 5.91 Å². The van der Waals surface area contributed by atoms with Crippen molar-refractivity contribution in [2.45, 2.75) is 23.3 Å². The number of thioether (sulfide) groups is 1. The van der Waals surface area contributed by atoms with E-state index in [0.717, 1.165) is 27.3 Å². The Hall–Kier alpha value is -3.57. The molecule has 32 heavy (non-hydrogen) atoms. The Morgan fingerprint density at radius 2 is 1.56 bits per heavy atom. The monoisotopic (exact) mass is 440 g/mol. The molecule has 5 heteroatoms. The van der Waals surface area contributed by atoms with E-state index in [9.17, 15) is 4.79 Å². The molecule has 4 nitrogen and oxygen atoms in total. The number of rotatable bonds is 9. The smallest absolute Gasteiger partial charge is 0.238 e. The normalized spacial score (nSPS) is 11.5. The van der Waals surface area contributed by atoms with Crippen molar-refractivity contribution in [2.75, 3.05) is 0 Å². The van der Waals surface area contributed by atoms with Gasteiger partial charge in [0, 0.05) is 29.4 Å². The Morgan fingerprint density at radius 3 is 2.25 bits per heavy atom. The molecular weight excluding hydrogens is 416 g/mol. The molecule has 4 rings (SSSR count). The van der Waals surface area contributed by atoms with Gasteiger partial charge >= 0.3 is 0 Å². The lowest BCUT2D eigenvalue weighted by molar-refractivity contribution is -0.120. The molecule has 0 radical (unpaired) electrons. The summed E-state index contributed by atoms with van der Waals surface area (Å²) in [7, 11) is 0. The molecule has 1 unspecified atom stereocenters. The molecule has 1 amide bonds. The van der Waals surface area contributed by atoms with Gasteiger partial charge in [-0.3, -0.25) is 9.78 Å². The van der Waals surface area contributed by atoms with Crippen molar-refractivity contribution in [1.82, 2.24) is 10.3 Å². The van der Waals surface area contributed by atoms with Crippen LogP contribution in [0.3, 0.4) is 0 Å². The second-order valence-corrected chi connectivity index (χ2v) is 8.41. The Morgan fingerprint density at radius 1 is 0.844 bits per heavy atom. The Bertz CT molecular complexity index is 1100. The molecule has 3 aromatic carbocycles. The average Bonchev–Trinajstić information content (AvgIpc) is 2.87. The first-order valence-electron chi connectivity index (χ1n) is 10.4. The van der Waals surface area contributed by atoms with Gasteiger partial charge in [-0.1, -0.05) is 66.7 Å². The zero-order valence-corrected chi connectivity index (χ0v) is 18.4. The van der Waals surface area contributed by atoms with Crippen molar-refractivity contribution >= 4 is 17.7 Å². The van der Waals surface area contributed by atoms with Crippen LogP contribution in [-0.2, 0) is 17.9 Å². The highest BCUT2D eigenvalue weighted by atomic mass is 32.2. The number of aromatic nitrogens is 1. The topological polar surface area (TPSA) is 51.2 Å². The molecule has 0 aliphatic carbocycles. The lowest BCUT2D eigenvalue weighted by Gasteiger charge is -2.17. The van der Waals surface area contributed by atoms with Gasteiger partial charge < -0.3 is 10.1 Å². The molecule has 1 atom stereocenters. The molecule has 0 aliphatic heterocycles. The largest absolute Gasteiger partial charge is 0.489 e. The molecule has 0 saturated carbocycles. The number of benzene rings is 3. The van der Waals surface area contributed by atoms with E-state index in [0.29, 0.717) is 13.2 Å². The van der Waals surface area contributed by atoms with Crippen LogP contribution in [-0.4, -0.2) is 10.9 Å². The summed E-state index contributed by atoms with van der Waals surface area (Å²) in [5, 5.41) is 2.77. The maximum absolute atomic E-state index is 13.1. The Kier molecular flexibility index (Phi) is 7.55. The highest BCUT2D eigenvalue weighted by molar-refractivity contribution is 8.00. The summed E-state index contributed by atoms with van der Waals surface area (Å²) in [6, 6.07) is 31.5. The van der Waals surface area contributed by atoms with E-state index < -0.39 is 0 Å². The van der Waals surface area contributed by atoms with Crippen molar-refractivity contribution in [2.24, 2.45) is 0 Å². The Labute approximate surface area is 192 Å². The maximum atomic E-state index is 13.1. The van der Waals surface area contributed by atoms with Crippen LogP contribution >= 0.6 is 11.8 Å². The summed E-state index contributed by atoms with van der Waals surface area (Å²) in [6.07, 6.45) is 3.54. The van der Waals surface area contributed by atoms with Crippen LogP contribution in [0.4, 0.5) is 0 Å². The second kappa shape index (κ2) is 11.2. The average molecular weight is 441 g/mol. The molecule has 0 aliphatic rings. The highest BCUT2D eigenvalue weighted by Crippen LogP contribution is 2.35. The standard InChI is InChI=1S/C27H24N2O2S/c30-27(26(23-9-3-1-4-10-23)32-25-11-5-2-6-12-25)29-19-21-13-15-24(16-14-21)31-20-22-8-7-17-28-18-22/h1-18,26H,19-20H2,(H,29,30). The van der Waals surface area contributed by atoms with E-state index in [1.807, 2.05) is 97.1 Å². The van der Waals surface area contributed by atoms with Crippen molar-refractivity contribution < 1.29 is 9.53 Å². The lowest BCUT2D eigenvalue weighted by atomic mass is 10.1. The van der Waals surface area contributed by atoms with Gasteiger partial charge in [-0.25, -0.2) is 0 Å². The van der Waals surface area contributed by atoms with Gasteiger partial charge in [-0.05, 0) is 41.5 Å². The minimum Gasteiger partial charge on any atom is -0.489 e. The van der Waals surface area contributed by atoms with Gasteiger partial charge in [-0.2, -0.15) is 0 Å². The van der Waals surface area contributed by atoms with Gasteiger partial charge in [0.15, 0.2) is 0 Å². The van der Waals surface area contributed by atoms with E-state index in [4.69, 9.17) is 4.74 Å². The molecular formula is C27H24N2O2S. The van der Waals surface area contributed by atoms with E-state index in [1.54, 1.807) is 24.2 Å². The lowest BCUT2D eigenvalue weighted by Crippen LogP contribution is -2.27. The summed E-state index contributed by atoms with van der Waals surface area (Å²) in [5.41, 5.74) is 3.02. The molecule has 1 N–H and O–H groups in total. The summed E-state index contributed by atoms with van der Waals surface area (Å²) in [6.45, 7) is 0.930. The highest BCUT2D eigenvalue weighted by Gasteiger charge is 2.21. The van der Waals surface area contributed by atoms with Gasteiger partial charge in [0.05, 0.1) is 0 Å². The molecule has 1 heterocycles. The first-order chi connectivity index (χ1) is 15.8. The van der Waals surface area contributed by atoms with Crippen LogP contribution in [0.15, 0.2) is 114 Å². The molecule has 0 bridgehead atoms. The minimum absolute atomic E-state index is 0.0121. The Balaban J connectivity index is 1.36. The fraction of sp³-hybridized carbons (Fsp3) is 0.111. The van der Waals surface area contributed by atoms with Gasteiger partial charge in [0.1, 0.15) is 17.6 Å². The fourth-order valence-corrected chi connectivity index (χ4v) is 4.24. The van der Waals surface area contributed by atoms with E-state index in [1.165, 1.54) is 0 Å². The van der Waals surface area contributed by atoms with Crippen LogP contribution in [0.2, 0.25) is 0 Å². The summed E-state index contributed by atoms with van der Waals surface area (Å²) in [4.78, 5) is 18.2. The number of nitrogens with one attached hydrogen (secondary N) is 1. The van der Waals surface area contributed by atoms with Crippen molar-refractivity contribution in [3.05, 3.63) is 126 Å². The maximum Gasteiger partial charge on any atom is 0.238 e. The van der Waals surface area contributed by atoms with Crippen LogP contribution in [0.1, 0.15) is 21.9 Å². The number of hydrogen-bond acceptors (Lipinski definition) is 4. The van der Waals surface area contributed by atoms with E-state index >= 15 is 0 Å². The zero-order chi connectivity index (χ0) is 22.0. The quantitative estimate of drug-likeness (QED) is 0.334. The minimum atomic E-state index is -0.319. The summed E-state index contributed by atoms with van der Waals surface area (Å²) < 4.78 is 5.80. The van der Waals surface area contributed by atoms with E-state index in [2.05, 4.69) is 10.3 Å². The van der Waals surface area contributed by atoms with E-state index in [-0.39, 0.29) is 11.2 Å².